The second kappa shape index (κ2) is 6.44. The zero-order valence-electron chi connectivity index (χ0n) is 14.6. The predicted octanol–water partition coefficient (Wildman–Crippen LogP) is 4.21. The first kappa shape index (κ1) is 16.0. The Bertz CT molecular complexity index is 1090. The van der Waals surface area contributed by atoms with Gasteiger partial charge in [0.25, 0.3) is 5.91 Å². The lowest BCUT2D eigenvalue weighted by Gasteiger charge is -2.14. The summed E-state index contributed by atoms with van der Waals surface area (Å²) in [7, 11) is 1.73. The Morgan fingerprint density at radius 2 is 1.85 bits per heavy atom. The molecule has 0 saturated carbocycles. The van der Waals surface area contributed by atoms with E-state index in [0.29, 0.717) is 11.4 Å². The molecule has 1 amide bonds. The highest BCUT2D eigenvalue weighted by Gasteiger charge is 2.17. The number of H-pyrrole nitrogens is 1. The lowest BCUT2D eigenvalue weighted by molar-refractivity contribution is 0.0992. The zero-order chi connectivity index (χ0) is 18.1. The van der Waals surface area contributed by atoms with Gasteiger partial charge in [-0.25, -0.2) is 0 Å². The van der Waals surface area contributed by atoms with Crippen LogP contribution in [0.4, 0.5) is 5.82 Å². The second-order valence-corrected chi connectivity index (χ2v) is 6.23. The van der Waals surface area contributed by atoms with Gasteiger partial charge in [-0.15, -0.1) is 0 Å². The van der Waals surface area contributed by atoms with Crippen molar-refractivity contribution in [1.29, 1.82) is 0 Å². The third-order valence-electron chi connectivity index (χ3n) is 4.50. The van der Waals surface area contributed by atoms with Crippen LogP contribution in [0.2, 0.25) is 0 Å². The summed E-state index contributed by atoms with van der Waals surface area (Å²) in [5.74, 6) is 0.470. The number of carbonyl (C=O) groups is 1. The van der Waals surface area contributed by atoms with Gasteiger partial charge < -0.3 is 0 Å². The van der Waals surface area contributed by atoms with Crippen LogP contribution in [0.3, 0.4) is 0 Å². The largest absolute Gasteiger partial charge is 0.294 e. The van der Waals surface area contributed by atoms with Gasteiger partial charge in [0.1, 0.15) is 0 Å². The molecule has 0 atom stereocenters. The highest BCUT2D eigenvalue weighted by molar-refractivity contribution is 6.07. The maximum atomic E-state index is 12.9. The van der Waals surface area contributed by atoms with Crippen molar-refractivity contribution < 1.29 is 4.79 Å². The van der Waals surface area contributed by atoms with E-state index in [1.165, 1.54) is 0 Å². The average Bonchev–Trinajstić information content (AvgIpc) is 3.18. The van der Waals surface area contributed by atoms with Crippen molar-refractivity contribution in [2.24, 2.45) is 0 Å². The van der Waals surface area contributed by atoms with Crippen molar-refractivity contribution in [1.82, 2.24) is 15.2 Å². The Balaban J connectivity index is 1.64. The number of aromatic nitrogens is 3. The summed E-state index contributed by atoms with van der Waals surface area (Å²) in [6, 6.07) is 19.3. The molecule has 0 aliphatic rings. The van der Waals surface area contributed by atoms with Crippen LogP contribution >= 0.6 is 0 Å². The number of aromatic amines is 1. The van der Waals surface area contributed by atoms with Crippen LogP contribution in [0.5, 0.6) is 0 Å². The van der Waals surface area contributed by atoms with Crippen LogP contribution < -0.4 is 4.90 Å². The molecule has 1 N–H and O–H groups in total. The molecule has 0 aliphatic heterocycles. The smallest absolute Gasteiger partial charge is 0.259 e. The first-order chi connectivity index (χ1) is 12.6. The molecule has 2 aromatic carbocycles. The van der Waals surface area contributed by atoms with Crippen molar-refractivity contribution >= 4 is 22.6 Å². The minimum atomic E-state index is -0.110. The Kier molecular flexibility index (Phi) is 3.97. The zero-order valence-corrected chi connectivity index (χ0v) is 14.6. The Morgan fingerprint density at radius 3 is 2.65 bits per heavy atom. The predicted molar refractivity (Wildman–Crippen MR) is 103 cm³/mol. The number of amides is 1. The molecule has 0 radical (unpaired) electrons. The minimum Gasteiger partial charge on any atom is -0.294 e. The first-order valence-corrected chi connectivity index (χ1v) is 8.38. The lowest BCUT2D eigenvalue weighted by atomic mass is 10.1. The van der Waals surface area contributed by atoms with Gasteiger partial charge in [-0.2, -0.15) is 5.10 Å². The van der Waals surface area contributed by atoms with E-state index in [9.17, 15) is 4.79 Å². The molecule has 2 heterocycles. The molecule has 0 aliphatic carbocycles. The fourth-order valence-corrected chi connectivity index (χ4v) is 2.96. The lowest BCUT2D eigenvalue weighted by Crippen LogP contribution is -2.26. The van der Waals surface area contributed by atoms with Crippen LogP contribution in [0, 0.1) is 6.92 Å². The molecule has 5 heteroatoms. The van der Waals surface area contributed by atoms with Gasteiger partial charge >= 0.3 is 0 Å². The topological polar surface area (TPSA) is 61.9 Å². The van der Waals surface area contributed by atoms with Crippen LogP contribution in [0.1, 0.15) is 15.9 Å². The molecule has 0 bridgehead atoms. The van der Waals surface area contributed by atoms with Gasteiger partial charge in [0.15, 0.2) is 5.82 Å². The highest BCUT2D eigenvalue weighted by atomic mass is 16.2. The number of pyridine rings is 1. The van der Waals surface area contributed by atoms with Crippen LogP contribution in [-0.2, 0) is 0 Å². The van der Waals surface area contributed by atoms with Crippen LogP contribution in [-0.4, -0.2) is 28.1 Å². The van der Waals surface area contributed by atoms with Crippen LogP contribution in [0.25, 0.3) is 22.2 Å². The number of aryl methyl sites for hydroxylation is 1. The molecule has 128 valence electrons. The van der Waals surface area contributed by atoms with Gasteiger partial charge in [-0.1, -0.05) is 30.3 Å². The quantitative estimate of drug-likeness (QED) is 0.607. The Morgan fingerprint density at radius 1 is 1.04 bits per heavy atom. The maximum Gasteiger partial charge on any atom is 0.259 e. The molecule has 26 heavy (non-hydrogen) atoms. The molecule has 0 unspecified atom stereocenters. The molecule has 0 spiro atoms. The van der Waals surface area contributed by atoms with E-state index >= 15 is 0 Å². The highest BCUT2D eigenvalue weighted by Crippen LogP contribution is 2.23. The Hall–Kier alpha value is -3.47. The van der Waals surface area contributed by atoms with Gasteiger partial charge in [0, 0.05) is 30.3 Å². The van der Waals surface area contributed by atoms with Crippen molar-refractivity contribution in [3.05, 3.63) is 78.0 Å². The monoisotopic (exact) mass is 342 g/mol. The SMILES string of the molecule is Cc1ccnc2ccc(C(=O)N(C)c3cc(-c4ccccc4)[nH]n3)cc12. The van der Waals surface area contributed by atoms with E-state index < -0.39 is 0 Å². The standard InChI is InChI=1S/C21H18N4O/c1-14-10-11-22-18-9-8-16(12-17(14)18)21(26)25(2)20-13-19(23-24-20)15-6-4-3-5-7-15/h3-13H,1-2H3,(H,23,24). The Labute approximate surface area is 151 Å². The van der Waals surface area contributed by atoms with Crippen molar-refractivity contribution in [3.63, 3.8) is 0 Å². The van der Waals surface area contributed by atoms with Gasteiger partial charge in [-0.3, -0.25) is 19.8 Å². The fraction of sp³-hybridized carbons (Fsp3) is 0.0952. The number of benzene rings is 2. The molecule has 4 aromatic rings. The summed E-state index contributed by atoms with van der Waals surface area (Å²) in [5.41, 5.74) is 4.49. The summed E-state index contributed by atoms with van der Waals surface area (Å²) < 4.78 is 0. The number of nitrogens with one attached hydrogen (secondary N) is 1. The van der Waals surface area contributed by atoms with E-state index in [0.717, 1.165) is 27.7 Å². The number of hydrogen-bond donors (Lipinski definition) is 1. The van der Waals surface area contributed by atoms with Gasteiger partial charge in [0.05, 0.1) is 11.2 Å². The minimum absolute atomic E-state index is 0.110. The summed E-state index contributed by atoms with van der Waals surface area (Å²) in [4.78, 5) is 18.8. The maximum absolute atomic E-state index is 12.9. The van der Waals surface area contributed by atoms with E-state index in [4.69, 9.17) is 0 Å². The molecule has 4 rings (SSSR count). The second-order valence-electron chi connectivity index (χ2n) is 6.23. The van der Waals surface area contributed by atoms with Crippen LogP contribution in [0.15, 0.2) is 66.9 Å². The molecule has 0 fully saturated rings. The van der Waals surface area contributed by atoms with Gasteiger partial charge in [0.2, 0.25) is 0 Å². The summed E-state index contributed by atoms with van der Waals surface area (Å²) in [5, 5.41) is 8.27. The van der Waals surface area contributed by atoms with Crippen molar-refractivity contribution in [3.8, 4) is 11.3 Å². The van der Waals surface area contributed by atoms with E-state index in [1.807, 2.05) is 61.5 Å². The molecule has 0 saturated heterocycles. The number of anilines is 1. The summed E-state index contributed by atoms with van der Waals surface area (Å²) in [6.45, 7) is 2.02. The van der Waals surface area contributed by atoms with Crippen molar-refractivity contribution in [2.45, 2.75) is 6.92 Å². The van der Waals surface area contributed by atoms with E-state index in [-0.39, 0.29) is 5.91 Å². The number of carbonyl (C=O) groups excluding carboxylic acids is 1. The fourth-order valence-electron chi connectivity index (χ4n) is 2.96. The molecule has 2 aromatic heterocycles. The first-order valence-electron chi connectivity index (χ1n) is 8.38. The average molecular weight is 342 g/mol. The normalized spacial score (nSPS) is 10.8. The molecular weight excluding hydrogens is 324 g/mol. The number of fused-ring (bicyclic) bond motifs is 1. The summed E-state index contributed by atoms with van der Waals surface area (Å²) in [6.07, 6.45) is 1.78. The van der Waals surface area contributed by atoms with E-state index in [2.05, 4.69) is 15.2 Å². The third-order valence-corrected chi connectivity index (χ3v) is 4.50. The summed E-state index contributed by atoms with van der Waals surface area (Å²) >= 11 is 0. The molecular formula is C21H18N4O. The van der Waals surface area contributed by atoms with Gasteiger partial charge in [-0.05, 0) is 42.3 Å². The van der Waals surface area contributed by atoms with Crippen molar-refractivity contribution in [2.75, 3.05) is 11.9 Å². The third kappa shape index (κ3) is 2.84. The molecule has 5 nitrogen and oxygen atoms in total. The number of rotatable bonds is 3. The van der Waals surface area contributed by atoms with E-state index in [1.54, 1.807) is 24.2 Å². The number of nitrogens with zero attached hydrogens (tertiary/aromatic N) is 3. The number of hydrogen-bond acceptors (Lipinski definition) is 3.